The number of pyridine rings is 1. The third-order valence-electron chi connectivity index (χ3n) is 7.24. The molecule has 2 aliphatic rings. The zero-order valence-electron chi connectivity index (χ0n) is 19.3. The lowest BCUT2D eigenvalue weighted by atomic mass is 9.74. The van der Waals surface area contributed by atoms with Crippen molar-refractivity contribution in [1.82, 2.24) is 20.2 Å². The lowest BCUT2D eigenvalue weighted by molar-refractivity contribution is -0.0248. The standard InChI is InChI=1S/C28H22ClN5OS/c29-21-10-18(27(35)34-14-28(15-34)12-30-13-28)5-6-19(21)17-4-7-20-22(8-9-31-24(20)11-17)33-23-2-1-3-25-26(23)32-16-36-25/h1-11,16,30H,12-15H2,(H,31,33). The molecule has 1 spiro atoms. The Morgan fingerprint density at radius 3 is 2.72 bits per heavy atom. The Balaban J connectivity index is 1.17. The topological polar surface area (TPSA) is 70.2 Å². The number of carbonyl (C=O) groups excluding carboxylic acids is 1. The number of nitrogens with one attached hydrogen (secondary N) is 2. The van der Waals surface area contributed by atoms with Crippen molar-refractivity contribution in [3.8, 4) is 11.1 Å². The lowest BCUT2D eigenvalue weighted by Gasteiger charge is -2.56. The number of fused-ring (bicyclic) bond motifs is 2. The van der Waals surface area contributed by atoms with E-state index >= 15 is 0 Å². The van der Waals surface area contributed by atoms with Crippen LogP contribution in [0.25, 0.3) is 32.2 Å². The number of nitrogens with zero attached hydrogens (tertiary/aromatic N) is 3. The van der Waals surface area contributed by atoms with Gasteiger partial charge in [-0.3, -0.25) is 9.78 Å². The number of benzene rings is 3. The van der Waals surface area contributed by atoms with Crippen molar-refractivity contribution in [2.75, 3.05) is 31.5 Å². The van der Waals surface area contributed by atoms with E-state index in [1.165, 1.54) is 0 Å². The first-order valence-electron chi connectivity index (χ1n) is 11.9. The minimum absolute atomic E-state index is 0.0481. The van der Waals surface area contributed by atoms with Gasteiger partial charge >= 0.3 is 0 Å². The number of hydrogen-bond acceptors (Lipinski definition) is 6. The number of para-hydroxylation sites is 1. The summed E-state index contributed by atoms with van der Waals surface area (Å²) in [6.45, 7) is 3.65. The monoisotopic (exact) mass is 511 g/mol. The van der Waals surface area contributed by atoms with Crippen LogP contribution in [0.15, 0.2) is 72.4 Å². The molecule has 2 saturated heterocycles. The van der Waals surface area contributed by atoms with E-state index in [4.69, 9.17) is 11.6 Å². The fourth-order valence-corrected chi connectivity index (χ4v) is 6.22. The van der Waals surface area contributed by atoms with E-state index in [1.54, 1.807) is 23.6 Å². The number of carbonyl (C=O) groups is 1. The molecule has 0 radical (unpaired) electrons. The predicted octanol–water partition coefficient (Wildman–Crippen LogP) is 5.95. The van der Waals surface area contributed by atoms with Gasteiger partial charge in [0, 0.05) is 65.0 Å². The predicted molar refractivity (Wildman–Crippen MR) is 146 cm³/mol. The second-order valence-electron chi connectivity index (χ2n) is 9.68. The SMILES string of the molecule is O=C(c1ccc(-c2ccc3c(Nc4cccc5scnc45)ccnc3c2)c(Cl)c1)N1CC2(CNC2)C1. The van der Waals surface area contributed by atoms with Crippen molar-refractivity contribution in [1.29, 1.82) is 0 Å². The first kappa shape index (κ1) is 21.7. The molecule has 0 bridgehead atoms. The van der Waals surface area contributed by atoms with Crippen LogP contribution in [0.2, 0.25) is 5.02 Å². The molecule has 178 valence electrons. The van der Waals surface area contributed by atoms with Crippen molar-refractivity contribution in [3.63, 3.8) is 0 Å². The summed E-state index contributed by atoms with van der Waals surface area (Å²) in [4.78, 5) is 23.9. The van der Waals surface area contributed by atoms with Crippen LogP contribution in [0.1, 0.15) is 10.4 Å². The molecule has 6 nitrogen and oxygen atoms in total. The van der Waals surface area contributed by atoms with Crippen LogP contribution in [-0.2, 0) is 0 Å². The number of likely N-dealkylation sites (tertiary alicyclic amines) is 1. The minimum atomic E-state index is 0.0481. The second kappa shape index (κ2) is 8.27. The normalized spacial score (nSPS) is 16.2. The van der Waals surface area contributed by atoms with E-state index < -0.39 is 0 Å². The molecular formula is C28H22ClN5OS. The summed E-state index contributed by atoms with van der Waals surface area (Å²) < 4.78 is 1.14. The first-order chi connectivity index (χ1) is 17.6. The Morgan fingerprint density at radius 2 is 1.92 bits per heavy atom. The molecule has 3 aromatic carbocycles. The van der Waals surface area contributed by atoms with Gasteiger partial charge in [-0.15, -0.1) is 11.3 Å². The summed E-state index contributed by atoms with van der Waals surface area (Å²) in [6, 6.07) is 19.8. The third-order valence-corrected chi connectivity index (χ3v) is 8.35. The van der Waals surface area contributed by atoms with Gasteiger partial charge in [-0.1, -0.05) is 35.9 Å². The van der Waals surface area contributed by atoms with E-state index in [0.29, 0.717) is 16.0 Å². The highest BCUT2D eigenvalue weighted by Crippen LogP contribution is 2.37. The number of hydrogen-bond donors (Lipinski definition) is 2. The van der Waals surface area contributed by atoms with Crippen LogP contribution >= 0.6 is 22.9 Å². The molecule has 0 aliphatic carbocycles. The summed E-state index contributed by atoms with van der Waals surface area (Å²) in [5.41, 5.74) is 8.39. The maximum atomic E-state index is 12.9. The molecule has 1 amide bonds. The number of anilines is 2. The highest BCUT2D eigenvalue weighted by Gasteiger charge is 2.49. The highest BCUT2D eigenvalue weighted by molar-refractivity contribution is 7.16. The molecule has 2 aromatic heterocycles. The molecule has 2 aliphatic heterocycles. The Morgan fingerprint density at radius 1 is 1.03 bits per heavy atom. The van der Waals surface area contributed by atoms with Crippen LogP contribution in [0.3, 0.4) is 0 Å². The minimum Gasteiger partial charge on any atom is -0.353 e. The van der Waals surface area contributed by atoms with Crippen molar-refractivity contribution < 1.29 is 4.79 Å². The zero-order chi connectivity index (χ0) is 24.3. The van der Waals surface area contributed by atoms with Gasteiger partial charge in [0.25, 0.3) is 5.91 Å². The number of rotatable bonds is 4. The van der Waals surface area contributed by atoms with Crippen LogP contribution in [0.5, 0.6) is 0 Å². The van der Waals surface area contributed by atoms with Gasteiger partial charge in [0.15, 0.2) is 0 Å². The van der Waals surface area contributed by atoms with Gasteiger partial charge in [0.05, 0.1) is 21.4 Å². The smallest absolute Gasteiger partial charge is 0.253 e. The summed E-state index contributed by atoms with van der Waals surface area (Å²) in [5, 5.41) is 8.40. The second-order valence-corrected chi connectivity index (χ2v) is 11.0. The molecule has 0 unspecified atom stereocenters. The third kappa shape index (κ3) is 3.54. The van der Waals surface area contributed by atoms with Crippen LogP contribution in [0, 0.1) is 5.41 Å². The van der Waals surface area contributed by atoms with E-state index in [9.17, 15) is 4.79 Å². The van der Waals surface area contributed by atoms with Crippen LogP contribution in [0.4, 0.5) is 11.4 Å². The van der Waals surface area contributed by atoms with Crippen molar-refractivity contribution in [2.24, 2.45) is 5.41 Å². The van der Waals surface area contributed by atoms with Crippen molar-refractivity contribution in [3.05, 3.63) is 83.0 Å². The summed E-state index contributed by atoms with van der Waals surface area (Å²) in [7, 11) is 0. The van der Waals surface area contributed by atoms with Crippen LogP contribution < -0.4 is 10.6 Å². The fraction of sp³-hybridized carbons (Fsp3) is 0.179. The lowest BCUT2D eigenvalue weighted by Crippen LogP contribution is -2.71. The van der Waals surface area contributed by atoms with E-state index in [-0.39, 0.29) is 5.91 Å². The maximum absolute atomic E-state index is 12.9. The fourth-order valence-electron chi connectivity index (χ4n) is 5.23. The largest absolute Gasteiger partial charge is 0.353 e. The number of thiazole rings is 1. The average molecular weight is 512 g/mol. The van der Waals surface area contributed by atoms with Gasteiger partial charge in [-0.25, -0.2) is 4.98 Å². The molecule has 4 heterocycles. The van der Waals surface area contributed by atoms with Crippen molar-refractivity contribution >= 4 is 61.3 Å². The summed E-state index contributed by atoms with van der Waals surface area (Å²) >= 11 is 8.31. The first-order valence-corrected chi connectivity index (χ1v) is 13.1. The number of aromatic nitrogens is 2. The summed E-state index contributed by atoms with van der Waals surface area (Å²) in [6.07, 6.45) is 1.80. The Hall–Kier alpha value is -3.52. The molecule has 5 aromatic rings. The van der Waals surface area contributed by atoms with E-state index in [0.717, 1.165) is 69.8 Å². The summed E-state index contributed by atoms with van der Waals surface area (Å²) in [5.74, 6) is 0.0481. The van der Waals surface area contributed by atoms with E-state index in [1.807, 2.05) is 52.9 Å². The molecule has 0 atom stereocenters. The quantitative estimate of drug-likeness (QED) is 0.312. The maximum Gasteiger partial charge on any atom is 0.253 e. The van der Waals surface area contributed by atoms with Gasteiger partial charge in [-0.05, 0) is 42.0 Å². The molecule has 0 saturated carbocycles. The molecular weight excluding hydrogens is 490 g/mol. The Bertz CT molecular complexity index is 1650. The molecule has 36 heavy (non-hydrogen) atoms. The molecule has 2 N–H and O–H groups in total. The average Bonchev–Trinajstić information content (AvgIpc) is 3.32. The molecule has 7 rings (SSSR count). The molecule has 2 fully saturated rings. The zero-order valence-corrected chi connectivity index (χ0v) is 20.9. The highest BCUT2D eigenvalue weighted by atomic mass is 35.5. The Kier molecular flexibility index (Phi) is 4.99. The van der Waals surface area contributed by atoms with Gasteiger partial charge in [-0.2, -0.15) is 0 Å². The Labute approximate surface area is 216 Å². The van der Waals surface area contributed by atoms with Crippen molar-refractivity contribution in [2.45, 2.75) is 0 Å². The number of halogens is 1. The van der Waals surface area contributed by atoms with Gasteiger partial charge < -0.3 is 15.5 Å². The molecule has 8 heteroatoms. The number of amides is 1. The van der Waals surface area contributed by atoms with Gasteiger partial charge in [0.2, 0.25) is 0 Å². The van der Waals surface area contributed by atoms with E-state index in [2.05, 4.69) is 32.7 Å². The van der Waals surface area contributed by atoms with Gasteiger partial charge in [0.1, 0.15) is 5.52 Å². The van der Waals surface area contributed by atoms with Crippen LogP contribution in [-0.4, -0.2) is 47.0 Å².